The van der Waals surface area contributed by atoms with E-state index >= 15 is 0 Å². The Morgan fingerprint density at radius 2 is 2.25 bits per heavy atom. The number of hydrogen-bond donors (Lipinski definition) is 1. The Bertz CT molecular complexity index is 452. The van der Waals surface area contributed by atoms with E-state index < -0.39 is 0 Å². The molecule has 112 valence electrons. The summed E-state index contributed by atoms with van der Waals surface area (Å²) in [4.78, 5) is 14.2. The second-order valence-electron chi connectivity index (χ2n) is 5.25. The van der Waals surface area contributed by atoms with Crippen LogP contribution < -0.4 is 5.32 Å². The third-order valence-corrected chi connectivity index (χ3v) is 3.89. The molecule has 20 heavy (non-hydrogen) atoms. The summed E-state index contributed by atoms with van der Waals surface area (Å²) in [6, 6.07) is 0.557. The van der Waals surface area contributed by atoms with Crippen molar-refractivity contribution in [2.75, 3.05) is 26.7 Å². The summed E-state index contributed by atoms with van der Waals surface area (Å²) < 4.78 is 6.86. The van der Waals surface area contributed by atoms with Crippen molar-refractivity contribution in [1.29, 1.82) is 0 Å². The highest BCUT2D eigenvalue weighted by Gasteiger charge is 2.22. The Balaban J connectivity index is 2.07. The molecule has 0 unspecified atom stereocenters. The monoisotopic (exact) mass is 280 g/mol. The van der Waals surface area contributed by atoms with E-state index in [0.29, 0.717) is 18.2 Å². The van der Waals surface area contributed by atoms with E-state index in [0.717, 1.165) is 38.2 Å². The quantitative estimate of drug-likeness (QED) is 0.808. The zero-order valence-electron chi connectivity index (χ0n) is 12.6. The lowest BCUT2D eigenvalue weighted by molar-refractivity contribution is 0.0523. The van der Waals surface area contributed by atoms with Crippen LogP contribution in [0.15, 0.2) is 6.20 Å². The van der Waals surface area contributed by atoms with Gasteiger partial charge in [0, 0.05) is 19.6 Å². The fourth-order valence-corrected chi connectivity index (χ4v) is 2.64. The normalized spacial score (nSPS) is 16.6. The molecule has 6 nitrogen and oxygen atoms in total. The van der Waals surface area contributed by atoms with Gasteiger partial charge < -0.3 is 10.1 Å². The summed E-state index contributed by atoms with van der Waals surface area (Å²) in [5, 5.41) is 7.56. The first-order chi connectivity index (χ1) is 9.63. The SMILES string of the molecule is CCOC(=O)c1cnn(C)c1CN(C)C1CCNCC1. The second-order valence-corrected chi connectivity index (χ2v) is 5.25. The Morgan fingerprint density at radius 1 is 1.55 bits per heavy atom. The molecule has 1 N–H and O–H groups in total. The molecular weight excluding hydrogens is 256 g/mol. The second kappa shape index (κ2) is 6.85. The first-order valence-corrected chi connectivity index (χ1v) is 7.22. The van der Waals surface area contributed by atoms with Crippen molar-refractivity contribution >= 4 is 5.97 Å². The Kier molecular flexibility index (Phi) is 5.14. The van der Waals surface area contributed by atoms with Crippen molar-refractivity contribution in [3.63, 3.8) is 0 Å². The lowest BCUT2D eigenvalue weighted by Crippen LogP contribution is -2.41. The Labute approximate surface area is 120 Å². The van der Waals surface area contributed by atoms with E-state index in [1.807, 2.05) is 14.0 Å². The van der Waals surface area contributed by atoms with Crippen LogP contribution in [0.3, 0.4) is 0 Å². The highest BCUT2D eigenvalue weighted by atomic mass is 16.5. The summed E-state index contributed by atoms with van der Waals surface area (Å²) in [6.07, 6.45) is 3.88. The van der Waals surface area contributed by atoms with Gasteiger partial charge in [-0.05, 0) is 39.9 Å². The Hall–Kier alpha value is -1.40. The van der Waals surface area contributed by atoms with E-state index in [-0.39, 0.29) is 5.97 Å². The average Bonchev–Trinajstić information content (AvgIpc) is 2.81. The number of ether oxygens (including phenoxy) is 1. The van der Waals surface area contributed by atoms with Gasteiger partial charge in [-0.2, -0.15) is 5.10 Å². The third-order valence-electron chi connectivity index (χ3n) is 3.89. The fraction of sp³-hybridized carbons (Fsp3) is 0.714. The van der Waals surface area contributed by atoms with Crippen LogP contribution in [-0.4, -0.2) is 53.4 Å². The smallest absolute Gasteiger partial charge is 0.341 e. The summed E-state index contributed by atoms with van der Waals surface area (Å²) >= 11 is 0. The molecule has 1 aliphatic heterocycles. The number of carbonyl (C=O) groups excluding carboxylic acids is 1. The summed E-state index contributed by atoms with van der Waals surface area (Å²) in [6.45, 7) is 5.04. The molecule has 2 rings (SSSR count). The van der Waals surface area contributed by atoms with Crippen LogP contribution in [-0.2, 0) is 18.3 Å². The Morgan fingerprint density at radius 3 is 2.90 bits per heavy atom. The van der Waals surface area contributed by atoms with Gasteiger partial charge >= 0.3 is 5.97 Å². The number of hydrogen-bond acceptors (Lipinski definition) is 5. The van der Waals surface area contributed by atoms with Crippen molar-refractivity contribution in [2.24, 2.45) is 7.05 Å². The van der Waals surface area contributed by atoms with Gasteiger partial charge in [0.05, 0.1) is 18.5 Å². The van der Waals surface area contributed by atoms with Crippen LogP contribution in [0.1, 0.15) is 35.8 Å². The molecule has 0 aromatic carbocycles. The van der Waals surface area contributed by atoms with E-state index in [1.54, 1.807) is 10.9 Å². The molecule has 0 radical (unpaired) electrons. The molecule has 0 saturated carbocycles. The molecule has 1 aromatic rings. The highest BCUT2D eigenvalue weighted by molar-refractivity contribution is 5.90. The standard InChI is InChI=1S/C14H24N4O2/c1-4-20-14(19)12-9-16-18(3)13(12)10-17(2)11-5-7-15-8-6-11/h9,11,15H,4-8,10H2,1-3H3. The van der Waals surface area contributed by atoms with Gasteiger partial charge in [0.1, 0.15) is 5.56 Å². The summed E-state index contributed by atoms with van der Waals surface area (Å²) in [7, 11) is 3.98. The number of carbonyl (C=O) groups is 1. The molecule has 0 spiro atoms. The molecule has 0 amide bonds. The van der Waals surface area contributed by atoms with Gasteiger partial charge in [0.2, 0.25) is 0 Å². The number of piperidine rings is 1. The minimum atomic E-state index is -0.283. The van der Waals surface area contributed by atoms with Gasteiger partial charge in [-0.25, -0.2) is 4.79 Å². The summed E-state index contributed by atoms with van der Waals surface area (Å²) in [5.41, 5.74) is 1.50. The number of nitrogens with zero attached hydrogens (tertiary/aromatic N) is 3. The fourth-order valence-electron chi connectivity index (χ4n) is 2.64. The van der Waals surface area contributed by atoms with Crippen molar-refractivity contribution in [3.8, 4) is 0 Å². The zero-order valence-corrected chi connectivity index (χ0v) is 12.6. The molecule has 1 aromatic heterocycles. The van der Waals surface area contributed by atoms with Crippen LogP contribution in [0.4, 0.5) is 0 Å². The van der Waals surface area contributed by atoms with Gasteiger partial charge in [-0.3, -0.25) is 9.58 Å². The average molecular weight is 280 g/mol. The largest absolute Gasteiger partial charge is 0.462 e. The van der Waals surface area contributed by atoms with Gasteiger partial charge in [-0.1, -0.05) is 0 Å². The molecular formula is C14H24N4O2. The van der Waals surface area contributed by atoms with E-state index in [4.69, 9.17) is 4.74 Å². The van der Waals surface area contributed by atoms with Crippen molar-refractivity contribution in [3.05, 3.63) is 17.5 Å². The number of rotatable bonds is 5. The van der Waals surface area contributed by atoms with E-state index in [2.05, 4.69) is 22.4 Å². The van der Waals surface area contributed by atoms with Crippen LogP contribution >= 0.6 is 0 Å². The van der Waals surface area contributed by atoms with Crippen molar-refractivity contribution in [2.45, 2.75) is 32.4 Å². The molecule has 0 atom stereocenters. The number of aromatic nitrogens is 2. The van der Waals surface area contributed by atoms with Crippen molar-refractivity contribution < 1.29 is 9.53 Å². The minimum absolute atomic E-state index is 0.283. The molecule has 1 fully saturated rings. The topological polar surface area (TPSA) is 59.4 Å². The zero-order chi connectivity index (χ0) is 14.5. The van der Waals surface area contributed by atoms with Gasteiger partial charge in [-0.15, -0.1) is 0 Å². The molecule has 1 saturated heterocycles. The van der Waals surface area contributed by atoms with E-state index in [9.17, 15) is 4.79 Å². The van der Waals surface area contributed by atoms with Crippen LogP contribution in [0.25, 0.3) is 0 Å². The third kappa shape index (κ3) is 3.37. The summed E-state index contributed by atoms with van der Waals surface area (Å²) in [5.74, 6) is -0.283. The predicted molar refractivity (Wildman–Crippen MR) is 76.5 cm³/mol. The van der Waals surface area contributed by atoms with Gasteiger partial charge in [0.25, 0.3) is 0 Å². The molecule has 6 heteroatoms. The maximum absolute atomic E-state index is 11.9. The number of nitrogens with one attached hydrogen (secondary N) is 1. The first kappa shape index (κ1) is 15.0. The maximum Gasteiger partial charge on any atom is 0.341 e. The molecule has 0 aliphatic carbocycles. The van der Waals surface area contributed by atoms with Gasteiger partial charge in [0.15, 0.2) is 0 Å². The molecule has 0 bridgehead atoms. The first-order valence-electron chi connectivity index (χ1n) is 7.22. The van der Waals surface area contributed by atoms with E-state index in [1.165, 1.54) is 0 Å². The lowest BCUT2D eigenvalue weighted by atomic mass is 10.0. The number of esters is 1. The van der Waals surface area contributed by atoms with Crippen molar-refractivity contribution in [1.82, 2.24) is 20.0 Å². The lowest BCUT2D eigenvalue weighted by Gasteiger charge is -2.31. The number of aryl methyl sites for hydroxylation is 1. The van der Waals surface area contributed by atoms with Crippen LogP contribution in [0.2, 0.25) is 0 Å². The highest BCUT2D eigenvalue weighted by Crippen LogP contribution is 2.16. The predicted octanol–water partition coefficient (Wildman–Crippen LogP) is 0.781. The van der Waals surface area contributed by atoms with Crippen LogP contribution in [0, 0.1) is 0 Å². The molecule has 2 heterocycles. The van der Waals surface area contributed by atoms with Crippen LogP contribution in [0.5, 0.6) is 0 Å². The minimum Gasteiger partial charge on any atom is -0.462 e. The maximum atomic E-state index is 11.9. The molecule has 1 aliphatic rings.